The summed E-state index contributed by atoms with van der Waals surface area (Å²) in [5.74, 6) is -0.444. The van der Waals surface area contributed by atoms with Gasteiger partial charge in [0.05, 0.1) is 4.53 Å². The van der Waals surface area contributed by atoms with Crippen molar-refractivity contribution in [1.29, 1.82) is 0 Å². The molecule has 3 heterocycles. The van der Waals surface area contributed by atoms with Crippen molar-refractivity contribution >= 4 is 73.8 Å². The van der Waals surface area contributed by atoms with Gasteiger partial charge in [0.1, 0.15) is 30.4 Å². The number of carboxylic acid groups (broad SMARTS) is 1. The SMILES string of the molecule is CCCCn1/c(=c2\sc(=CC3CCC(C)CC3)c(=O)n2CC(=O)O)sc(=O)/c1=C1\SC(=S)C(=O)N1CC. The van der Waals surface area contributed by atoms with Crippen LogP contribution in [0.1, 0.15) is 59.3 Å². The first-order valence-electron chi connectivity index (χ1n) is 12.6. The molecule has 0 bridgehead atoms. The van der Waals surface area contributed by atoms with Gasteiger partial charge in [-0.05, 0) is 38.0 Å². The van der Waals surface area contributed by atoms with Crippen molar-refractivity contribution in [3.63, 3.8) is 0 Å². The first-order valence-corrected chi connectivity index (χ1v) is 15.5. The van der Waals surface area contributed by atoms with E-state index >= 15 is 0 Å². The van der Waals surface area contributed by atoms with Crippen molar-refractivity contribution in [2.75, 3.05) is 6.54 Å². The Balaban J connectivity index is 2.08. The van der Waals surface area contributed by atoms with Crippen LogP contribution in [0.2, 0.25) is 0 Å². The summed E-state index contributed by atoms with van der Waals surface area (Å²) in [5.41, 5.74) is -0.333. The van der Waals surface area contributed by atoms with Crippen molar-refractivity contribution < 1.29 is 14.7 Å². The molecule has 2 aromatic heterocycles. The number of unbranched alkanes of at least 4 members (excludes halogenated alkanes) is 1. The van der Waals surface area contributed by atoms with E-state index in [2.05, 4.69) is 6.92 Å². The van der Waals surface area contributed by atoms with E-state index in [4.69, 9.17) is 12.2 Å². The molecule has 2 fully saturated rings. The molecule has 1 N–H and O–H groups in total. The van der Waals surface area contributed by atoms with Gasteiger partial charge >= 0.3 is 5.97 Å². The van der Waals surface area contributed by atoms with E-state index in [1.54, 1.807) is 0 Å². The zero-order valence-corrected chi connectivity index (χ0v) is 24.4. The molecule has 0 unspecified atom stereocenters. The second-order valence-corrected chi connectivity index (χ2v) is 13.2. The van der Waals surface area contributed by atoms with Crippen LogP contribution < -0.4 is 20.2 Å². The van der Waals surface area contributed by atoms with Crippen LogP contribution in [0.3, 0.4) is 0 Å². The van der Waals surface area contributed by atoms with E-state index in [0.29, 0.717) is 43.2 Å². The molecule has 8 nitrogen and oxygen atoms in total. The Morgan fingerprint density at radius 3 is 2.38 bits per heavy atom. The molecule has 0 aromatic carbocycles. The fraction of sp³-hybridized carbons (Fsp3) is 0.560. The van der Waals surface area contributed by atoms with Crippen LogP contribution in [-0.4, -0.2) is 41.8 Å². The molecule has 0 radical (unpaired) electrons. The molecule has 4 rings (SSSR count). The Morgan fingerprint density at radius 1 is 1.08 bits per heavy atom. The lowest BCUT2D eigenvalue weighted by Crippen LogP contribution is -2.36. The van der Waals surface area contributed by atoms with Crippen LogP contribution in [0.4, 0.5) is 0 Å². The number of aromatic nitrogens is 2. The van der Waals surface area contributed by atoms with Crippen molar-refractivity contribution in [3.05, 3.63) is 39.1 Å². The number of hydrogen-bond donors (Lipinski definition) is 1. The van der Waals surface area contributed by atoms with Gasteiger partial charge in [0, 0.05) is 13.1 Å². The van der Waals surface area contributed by atoms with Gasteiger partial charge in [-0.25, -0.2) is 0 Å². The lowest BCUT2D eigenvalue weighted by molar-refractivity contribution is -0.137. The van der Waals surface area contributed by atoms with E-state index in [9.17, 15) is 24.3 Å². The quantitative estimate of drug-likeness (QED) is 0.502. The number of amides is 1. The number of nitrogens with zero attached hydrogens (tertiary/aromatic N) is 3. The summed E-state index contributed by atoms with van der Waals surface area (Å²) in [6.07, 6.45) is 7.88. The highest BCUT2D eigenvalue weighted by Gasteiger charge is 2.33. The van der Waals surface area contributed by atoms with E-state index in [1.165, 1.54) is 20.8 Å². The standard InChI is InChI=1S/C25H31N3O5S4/c1-4-6-11-27-18(21-26(5-2)20(32)25(34)37-21)24(33)36-22(27)23-28(13-17(29)30)19(31)16(35-23)12-15-9-7-14(3)8-10-15/h12,14-15H,4-11,13H2,1-3H3,(H,29,30)/b16-12?,21-18+,23-22+. The van der Waals surface area contributed by atoms with Gasteiger partial charge in [0.25, 0.3) is 16.2 Å². The molecule has 1 saturated carbocycles. The van der Waals surface area contributed by atoms with Crippen LogP contribution >= 0.6 is 46.7 Å². The highest BCUT2D eigenvalue weighted by molar-refractivity contribution is 8.31. The van der Waals surface area contributed by atoms with E-state index in [0.717, 1.165) is 61.6 Å². The number of thiazole rings is 2. The first kappa shape index (κ1) is 28.0. The molecule has 1 aliphatic carbocycles. The molecule has 1 amide bonds. The number of hydrogen-bond acceptors (Lipinski definition) is 8. The number of carbonyl (C=O) groups is 2. The zero-order valence-electron chi connectivity index (χ0n) is 21.2. The van der Waals surface area contributed by atoms with Gasteiger partial charge < -0.3 is 9.67 Å². The summed E-state index contributed by atoms with van der Waals surface area (Å²) in [5, 5.41) is 10.5. The third-order valence-electron chi connectivity index (χ3n) is 6.84. The van der Waals surface area contributed by atoms with Crippen molar-refractivity contribution in [2.24, 2.45) is 11.8 Å². The molecule has 1 aliphatic heterocycles. The molecule has 12 heteroatoms. The summed E-state index contributed by atoms with van der Waals surface area (Å²) in [4.78, 5) is 52.7. The molecule has 0 spiro atoms. The minimum atomic E-state index is -1.12. The van der Waals surface area contributed by atoms with Gasteiger partial charge in [-0.1, -0.05) is 74.5 Å². The largest absolute Gasteiger partial charge is 0.480 e. The lowest BCUT2D eigenvalue weighted by atomic mass is 9.83. The Kier molecular flexibility index (Phi) is 8.93. The molecule has 37 heavy (non-hydrogen) atoms. The highest BCUT2D eigenvalue weighted by atomic mass is 32.2. The maximum Gasteiger partial charge on any atom is 0.323 e. The van der Waals surface area contributed by atoms with Gasteiger partial charge in [0.15, 0.2) is 0 Å². The summed E-state index contributed by atoms with van der Waals surface area (Å²) in [6, 6.07) is 0. The highest BCUT2D eigenvalue weighted by Crippen LogP contribution is 2.31. The number of aliphatic carboxylic acids is 1. The smallest absolute Gasteiger partial charge is 0.323 e. The fourth-order valence-corrected chi connectivity index (χ4v) is 8.53. The minimum Gasteiger partial charge on any atom is -0.480 e. The Morgan fingerprint density at radius 2 is 1.76 bits per heavy atom. The van der Waals surface area contributed by atoms with E-state index < -0.39 is 12.5 Å². The topological polar surface area (TPSA) is 102 Å². The lowest BCUT2D eigenvalue weighted by Gasteiger charge is -2.23. The van der Waals surface area contributed by atoms with Crippen molar-refractivity contribution in [1.82, 2.24) is 14.0 Å². The minimum absolute atomic E-state index is 0.198. The second kappa shape index (κ2) is 11.8. The Labute approximate surface area is 231 Å². The third-order valence-corrected chi connectivity index (χ3v) is 10.5. The maximum absolute atomic E-state index is 13.4. The molecule has 2 aliphatic rings. The molecular weight excluding hydrogens is 551 g/mol. The van der Waals surface area contributed by atoms with Crippen LogP contribution in [0, 0.1) is 21.2 Å². The van der Waals surface area contributed by atoms with Crippen LogP contribution in [0.5, 0.6) is 0 Å². The summed E-state index contributed by atoms with van der Waals surface area (Å²) < 4.78 is 4.63. The monoisotopic (exact) mass is 581 g/mol. The number of rotatable bonds is 7. The normalized spacial score (nSPS) is 23.3. The van der Waals surface area contributed by atoms with Crippen LogP contribution in [0.25, 0.3) is 11.1 Å². The molecular formula is C25H31N3O5S4. The van der Waals surface area contributed by atoms with Gasteiger partial charge in [0.2, 0.25) is 0 Å². The second-order valence-electron chi connectivity index (χ2n) is 9.54. The fourth-order valence-electron chi connectivity index (χ4n) is 4.78. The third kappa shape index (κ3) is 5.71. The number of carboxylic acids is 1. The van der Waals surface area contributed by atoms with Gasteiger partial charge in [-0.15, -0.1) is 11.3 Å². The Bertz CT molecular complexity index is 1560. The summed E-state index contributed by atoms with van der Waals surface area (Å²) in [7, 11) is 0. The maximum atomic E-state index is 13.4. The Hall–Kier alpha value is -2.02. The zero-order chi connectivity index (χ0) is 26.9. The van der Waals surface area contributed by atoms with Crippen LogP contribution in [-0.2, 0) is 22.7 Å². The average molecular weight is 582 g/mol. The average Bonchev–Trinajstić information content (AvgIpc) is 3.44. The summed E-state index contributed by atoms with van der Waals surface area (Å²) >= 11 is 8.61. The van der Waals surface area contributed by atoms with Gasteiger partial charge in [-0.2, -0.15) is 0 Å². The number of thioether (sulfide) groups is 1. The van der Waals surface area contributed by atoms with E-state index in [-0.39, 0.29) is 26.3 Å². The number of carbonyl (C=O) groups excluding carboxylic acids is 1. The van der Waals surface area contributed by atoms with Crippen LogP contribution in [0.15, 0.2) is 9.59 Å². The summed E-state index contributed by atoms with van der Waals surface area (Å²) in [6.45, 7) is 6.51. The molecule has 2 aromatic rings. The number of thiocarbonyl (C=S) groups is 1. The van der Waals surface area contributed by atoms with Crippen molar-refractivity contribution in [3.8, 4) is 0 Å². The molecule has 0 atom stereocenters. The van der Waals surface area contributed by atoms with Crippen molar-refractivity contribution in [2.45, 2.75) is 72.4 Å². The van der Waals surface area contributed by atoms with Gasteiger partial charge in [-0.3, -0.25) is 28.6 Å². The predicted molar refractivity (Wildman–Crippen MR) is 153 cm³/mol. The van der Waals surface area contributed by atoms with E-state index in [1.807, 2.05) is 24.5 Å². The first-order chi connectivity index (χ1) is 17.7. The predicted octanol–water partition coefficient (Wildman–Crippen LogP) is 2.90. The molecule has 1 saturated heterocycles. The molecule has 200 valence electrons.